The number of hydrogen-bond donors (Lipinski definition) is 1. The van der Waals surface area contributed by atoms with E-state index in [1.54, 1.807) is 12.1 Å². The van der Waals surface area contributed by atoms with E-state index in [-0.39, 0.29) is 11.5 Å². The van der Waals surface area contributed by atoms with Gasteiger partial charge in [-0.05, 0) is 50.9 Å². The number of rotatable bonds is 1. The summed E-state index contributed by atoms with van der Waals surface area (Å²) in [4.78, 5) is 11.0. The van der Waals surface area contributed by atoms with Crippen LogP contribution in [0, 0.1) is 0 Å². The van der Waals surface area contributed by atoms with E-state index < -0.39 is 0 Å². The molecule has 0 saturated heterocycles. The minimum atomic E-state index is -0.166. The molecule has 0 aliphatic rings. The number of ketones is 1. The molecule has 0 bridgehead atoms. The molecular formula is C8H6Br2O2. The Morgan fingerprint density at radius 2 is 1.83 bits per heavy atom. The van der Waals surface area contributed by atoms with Crippen LogP contribution in [0.15, 0.2) is 21.1 Å². The van der Waals surface area contributed by atoms with Gasteiger partial charge in [0, 0.05) is 4.47 Å². The lowest BCUT2D eigenvalue weighted by Gasteiger charge is -2.04. The summed E-state index contributed by atoms with van der Waals surface area (Å²) < 4.78 is 1.13. The quantitative estimate of drug-likeness (QED) is 0.808. The summed E-state index contributed by atoms with van der Waals surface area (Å²) in [5.74, 6) is -0.183. The smallest absolute Gasteiger partial charge is 0.164 e. The molecule has 0 unspecified atom stereocenters. The van der Waals surface area contributed by atoms with Crippen molar-refractivity contribution in [3.8, 4) is 5.75 Å². The molecule has 64 valence electrons. The lowest BCUT2D eigenvalue weighted by molar-refractivity contribution is 0.101. The average molecular weight is 294 g/mol. The first-order valence-electron chi connectivity index (χ1n) is 3.22. The van der Waals surface area contributed by atoms with E-state index in [0.29, 0.717) is 14.5 Å². The van der Waals surface area contributed by atoms with Crippen molar-refractivity contribution >= 4 is 37.6 Å². The predicted molar refractivity (Wildman–Crippen MR) is 53.5 cm³/mol. The zero-order chi connectivity index (χ0) is 9.30. The van der Waals surface area contributed by atoms with Crippen LogP contribution in [0.3, 0.4) is 0 Å². The van der Waals surface area contributed by atoms with Gasteiger partial charge in [-0.1, -0.05) is 0 Å². The molecule has 1 aromatic rings. The predicted octanol–water partition coefficient (Wildman–Crippen LogP) is 3.12. The largest absolute Gasteiger partial charge is 0.506 e. The lowest BCUT2D eigenvalue weighted by atomic mass is 10.1. The number of carbonyl (C=O) groups excluding carboxylic acids is 1. The molecular weight excluding hydrogens is 288 g/mol. The van der Waals surface area contributed by atoms with Crippen LogP contribution in [-0.4, -0.2) is 10.9 Å². The molecule has 0 atom stereocenters. The Bertz CT molecular complexity index is 334. The van der Waals surface area contributed by atoms with E-state index in [1.807, 2.05) is 0 Å². The van der Waals surface area contributed by atoms with Crippen LogP contribution in [0.5, 0.6) is 5.75 Å². The van der Waals surface area contributed by atoms with Crippen molar-refractivity contribution < 1.29 is 9.90 Å². The minimum Gasteiger partial charge on any atom is -0.506 e. The molecule has 12 heavy (non-hydrogen) atoms. The van der Waals surface area contributed by atoms with Crippen molar-refractivity contribution in [2.75, 3.05) is 0 Å². The highest BCUT2D eigenvalue weighted by atomic mass is 79.9. The Kier molecular flexibility index (Phi) is 2.90. The number of benzene rings is 1. The standard InChI is InChI=1S/C8H6Br2O2/c1-4(11)7-5(9)2-3-6(10)8(7)12/h2-3,12H,1H3. The first kappa shape index (κ1) is 9.74. The van der Waals surface area contributed by atoms with E-state index in [2.05, 4.69) is 31.9 Å². The summed E-state index contributed by atoms with van der Waals surface area (Å²) in [7, 11) is 0. The normalized spacial score (nSPS) is 9.92. The first-order valence-corrected chi connectivity index (χ1v) is 4.80. The van der Waals surface area contributed by atoms with E-state index in [1.165, 1.54) is 6.92 Å². The number of phenols is 1. The van der Waals surface area contributed by atoms with Crippen molar-refractivity contribution in [2.24, 2.45) is 0 Å². The van der Waals surface area contributed by atoms with Gasteiger partial charge in [0.1, 0.15) is 5.75 Å². The van der Waals surface area contributed by atoms with Crippen LogP contribution < -0.4 is 0 Å². The third-order valence-electron chi connectivity index (χ3n) is 1.43. The number of phenolic OH excluding ortho intramolecular Hbond substituents is 1. The molecule has 0 fully saturated rings. The van der Waals surface area contributed by atoms with Gasteiger partial charge in [0.05, 0.1) is 10.0 Å². The van der Waals surface area contributed by atoms with Gasteiger partial charge in [-0.2, -0.15) is 0 Å². The third kappa shape index (κ3) is 1.69. The number of halogens is 2. The molecule has 0 saturated carbocycles. The zero-order valence-electron chi connectivity index (χ0n) is 6.27. The molecule has 1 N–H and O–H groups in total. The maximum atomic E-state index is 11.0. The molecule has 0 amide bonds. The topological polar surface area (TPSA) is 37.3 Å². The van der Waals surface area contributed by atoms with Crippen LogP contribution in [0.25, 0.3) is 0 Å². The molecule has 0 radical (unpaired) electrons. The summed E-state index contributed by atoms with van der Waals surface area (Å²) in [5, 5.41) is 9.45. The Labute approximate surface area is 86.9 Å². The second-order valence-corrected chi connectivity index (χ2v) is 4.02. The SMILES string of the molecule is CC(=O)c1c(Br)ccc(Br)c1O. The van der Waals surface area contributed by atoms with Gasteiger partial charge < -0.3 is 5.11 Å². The van der Waals surface area contributed by atoms with Gasteiger partial charge >= 0.3 is 0 Å². The zero-order valence-corrected chi connectivity index (χ0v) is 9.44. The second-order valence-electron chi connectivity index (χ2n) is 2.31. The van der Waals surface area contributed by atoms with Gasteiger partial charge in [-0.25, -0.2) is 0 Å². The van der Waals surface area contributed by atoms with Crippen LogP contribution in [-0.2, 0) is 0 Å². The number of carbonyl (C=O) groups is 1. The van der Waals surface area contributed by atoms with Gasteiger partial charge in [0.25, 0.3) is 0 Å². The fourth-order valence-electron chi connectivity index (χ4n) is 0.876. The van der Waals surface area contributed by atoms with Crippen molar-refractivity contribution in [3.63, 3.8) is 0 Å². The molecule has 1 rings (SSSR count). The number of hydrogen-bond acceptors (Lipinski definition) is 2. The van der Waals surface area contributed by atoms with Gasteiger partial charge in [-0.3, -0.25) is 4.79 Å². The number of Topliss-reactive ketones (excluding diaryl/α,β-unsaturated/α-hetero) is 1. The maximum absolute atomic E-state index is 11.0. The fraction of sp³-hybridized carbons (Fsp3) is 0.125. The molecule has 1 aromatic carbocycles. The summed E-state index contributed by atoms with van der Waals surface area (Å²) in [6.45, 7) is 1.41. The Morgan fingerprint density at radius 3 is 2.25 bits per heavy atom. The molecule has 0 heterocycles. The van der Waals surface area contributed by atoms with Crippen LogP contribution >= 0.6 is 31.9 Å². The molecule has 4 heteroatoms. The molecule has 2 nitrogen and oxygen atoms in total. The van der Waals surface area contributed by atoms with Crippen molar-refractivity contribution in [2.45, 2.75) is 6.92 Å². The Balaban J connectivity index is 3.43. The van der Waals surface area contributed by atoms with E-state index >= 15 is 0 Å². The van der Waals surface area contributed by atoms with Crippen LogP contribution in [0.4, 0.5) is 0 Å². The monoisotopic (exact) mass is 292 g/mol. The molecule has 0 aromatic heterocycles. The molecule has 0 aliphatic carbocycles. The summed E-state index contributed by atoms with van der Waals surface area (Å²) in [5.41, 5.74) is 0.310. The molecule has 0 aliphatic heterocycles. The van der Waals surface area contributed by atoms with Gasteiger partial charge in [0.15, 0.2) is 5.78 Å². The van der Waals surface area contributed by atoms with E-state index in [9.17, 15) is 9.90 Å². The highest BCUT2D eigenvalue weighted by molar-refractivity contribution is 9.11. The van der Waals surface area contributed by atoms with Crippen molar-refractivity contribution in [1.29, 1.82) is 0 Å². The van der Waals surface area contributed by atoms with Crippen LogP contribution in [0.1, 0.15) is 17.3 Å². The van der Waals surface area contributed by atoms with Crippen molar-refractivity contribution in [1.82, 2.24) is 0 Å². The Hall–Kier alpha value is -0.350. The first-order chi connectivity index (χ1) is 5.54. The number of aromatic hydroxyl groups is 1. The highest BCUT2D eigenvalue weighted by Crippen LogP contribution is 2.33. The lowest BCUT2D eigenvalue weighted by Crippen LogP contribution is -1.94. The van der Waals surface area contributed by atoms with E-state index in [0.717, 1.165) is 0 Å². The summed E-state index contributed by atoms with van der Waals surface area (Å²) in [6.07, 6.45) is 0. The van der Waals surface area contributed by atoms with Crippen LogP contribution in [0.2, 0.25) is 0 Å². The highest BCUT2D eigenvalue weighted by Gasteiger charge is 2.13. The minimum absolute atomic E-state index is 0.0168. The third-order valence-corrected chi connectivity index (χ3v) is 2.73. The fourth-order valence-corrected chi connectivity index (χ4v) is 1.81. The van der Waals surface area contributed by atoms with Gasteiger partial charge in [-0.15, -0.1) is 0 Å². The van der Waals surface area contributed by atoms with Gasteiger partial charge in [0.2, 0.25) is 0 Å². The van der Waals surface area contributed by atoms with E-state index in [4.69, 9.17) is 0 Å². The maximum Gasteiger partial charge on any atom is 0.164 e. The summed E-state index contributed by atoms with van der Waals surface area (Å²) >= 11 is 6.31. The average Bonchev–Trinajstić information content (AvgIpc) is 1.97. The van der Waals surface area contributed by atoms with Crippen molar-refractivity contribution in [3.05, 3.63) is 26.6 Å². The Morgan fingerprint density at radius 1 is 1.33 bits per heavy atom. The molecule has 0 spiro atoms. The second kappa shape index (κ2) is 3.58. The summed E-state index contributed by atoms with van der Waals surface area (Å²) in [6, 6.07) is 3.38.